The number of hydrogen-bond donors (Lipinski definition) is 1. The highest BCUT2D eigenvalue weighted by Gasteiger charge is 2.16. The van der Waals surface area contributed by atoms with Gasteiger partial charge in [0.25, 0.3) is 0 Å². The van der Waals surface area contributed by atoms with Crippen LogP contribution in [0.15, 0.2) is 36.5 Å². The summed E-state index contributed by atoms with van der Waals surface area (Å²) in [5, 5.41) is 2.62. The third-order valence-corrected chi connectivity index (χ3v) is 2.70. The second-order valence-electron chi connectivity index (χ2n) is 5.97. The van der Waals surface area contributed by atoms with Crippen LogP contribution in [0.5, 0.6) is 11.6 Å². The maximum Gasteiger partial charge on any atom is 0.412 e. The van der Waals surface area contributed by atoms with Gasteiger partial charge in [0, 0.05) is 24.0 Å². The molecule has 0 aliphatic rings. The van der Waals surface area contributed by atoms with Gasteiger partial charge in [-0.1, -0.05) is 6.07 Å². The number of anilines is 1. The maximum atomic E-state index is 11.8. The van der Waals surface area contributed by atoms with E-state index >= 15 is 0 Å². The minimum Gasteiger partial charge on any atom is -0.463 e. The molecule has 0 spiro atoms. The Labute approximate surface area is 145 Å². The molecular weight excluding hydrogens is 326 g/mol. The van der Waals surface area contributed by atoms with Crippen molar-refractivity contribution in [3.05, 3.63) is 42.4 Å². The number of methoxy groups -OCH3 is 1. The van der Waals surface area contributed by atoms with Crippen molar-refractivity contribution in [1.82, 2.24) is 9.97 Å². The molecular formula is C17H19N3O5. The monoisotopic (exact) mass is 345 g/mol. The Morgan fingerprint density at radius 3 is 2.60 bits per heavy atom. The van der Waals surface area contributed by atoms with Crippen LogP contribution in [0.1, 0.15) is 31.4 Å². The highest BCUT2D eigenvalue weighted by molar-refractivity contribution is 5.85. The molecule has 1 aromatic carbocycles. The molecule has 0 fully saturated rings. The molecule has 132 valence electrons. The highest BCUT2D eigenvalue weighted by atomic mass is 16.6. The van der Waals surface area contributed by atoms with E-state index in [2.05, 4.69) is 20.0 Å². The van der Waals surface area contributed by atoms with E-state index in [0.717, 1.165) is 0 Å². The molecule has 2 aromatic rings. The Balaban J connectivity index is 2.09. The van der Waals surface area contributed by atoms with Crippen LogP contribution < -0.4 is 10.1 Å². The number of rotatable bonds is 4. The van der Waals surface area contributed by atoms with E-state index in [-0.39, 0.29) is 11.7 Å². The number of carbonyl (C=O) groups excluding carboxylic acids is 2. The first-order valence-electron chi connectivity index (χ1n) is 7.46. The minimum atomic E-state index is -0.661. The molecule has 1 amide bonds. The number of esters is 1. The first kappa shape index (κ1) is 18.2. The molecule has 0 radical (unpaired) electrons. The van der Waals surface area contributed by atoms with Crippen molar-refractivity contribution >= 4 is 17.7 Å². The Kier molecular flexibility index (Phi) is 5.53. The summed E-state index contributed by atoms with van der Waals surface area (Å²) < 4.78 is 15.3. The Hall–Kier alpha value is -3.16. The summed E-state index contributed by atoms with van der Waals surface area (Å²) in [5.41, 5.74) is -0.0994. The summed E-state index contributed by atoms with van der Waals surface area (Å²) in [6.45, 7) is 5.33. The van der Waals surface area contributed by atoms with E-state index in [4.69, 9.17) is 9.47 Å². The Morgan fingerprint density at radius 2 is 1.92 bits per heavy atom. The van der Waals surface area contributed by atoms with Crippen molar-refractivity contribution < 1.29 is 23.8 Å². The van der Waals surface area contributed by atoms with E-state index in [9.17, 15) is 9.59 Å². The normalized spacial score (nSPS) is 10.7. The van der Waals surface area contributed by atoms with Crippen LogP contribution in [0, 0.1) is 0 Å². The lowest BCUT2D eigenvalue weighted by Gasteiger charge is -2.19. The summed E-state index contributed by atoms with van der Waals surface area (Å²) in [4.78, 5) is 31.0. The van der Waals surface area contributed by atoms with Crippen LogP contribution >= 0.6 is 0 Å². The number of nitrogens with one attached hydrogen (secondary N) is 1. The molecule has 1 N–H and O–H groups in total. The molecule has 0 bridgehead atoms. The zero-order valence-electron chi connectivity index (χ0n) is 14.4. The SMILES string of the molecule is COC(=O)c1nccc(Oc2cccc(NC(=O)OC(C)(C)C)c2)n1. The lowest BCUT2D eigenvalue weighted by molar-refractivity contribution is 0.0583. The van der Waals surface area contributed by atoms with Crippen molar-refractivity contribution in [3.63, 3.8) is 0 Å². The summed E-state index contributed by atoms with van der Waals surface area (Å²) in [7, 11) is 1.24. The van der Waals surface area contributed by atoms with Gasteiger partial charge in [-0.25, -0.2) is 14.6 Å². The molecule has 1 aromatic heterocycles. The van der Waals surface area contributed by atoms with E-state index in [0.29, 0.717) is 11.4 Å². The Bertz CT molecular complexity index is 771. The van der Waals surface area contributed by atoms with Gasteiger partial charge in [-0.2, -0.15) is 4.98 Å². The van der Waals surface area contributed by atoms with Crippen LogP contribution in [0.25, 0.3) is 0 Å². The highest BCUT2D eigenvalue weighted by Crippen LogP contribution is 2.23. The first-order chi connectivity index (χ1) is 11.8. The average molecular weight is 345 g/mol. The molecule has 1 heterocycles. The van der Waals surface area contributed by atoms with Crippen LogP contribution in [0.3, 0.4) is 0 Å². The standard InChI is InChI=1S/C17H19N3O5/c1-17(2,3)25-16(22)19-11-6-5-7-12(10-11)24-13-8-9-18-14(20-13)15(21)23-4/h5-10H,1-4H3,(H,19,22). The van der Waals surface area contributed by atoms with Crippen molar-refractivity contribution in [2.75, 3.05) is 12.4 Å². The van der Waals surface area contributed by atoms with E-state index in [1.807, 2.05) is 0 Å². The fourth-order valence-corrected chi connectivity index (χ4v) is 1.77. The van der Waals surface area contributed by atoms with Crippen molar-refractivity contribution in [2.45, 2.75) is 26.4 Å². The van der Waals surface area contributed by atoms with Gasteiger partial charge >= 0.3 is 12.1 Å². The fourth-order valence-electron chi connectivity index (χ4n) is 1.77. The first-order valence-corrected chi connectivity index (χ1v) is 7.46. The van der Waals surface area contributed by atoms with Crippen molar-refractivity contribution in [3.8, 4) is 11.6 Å². The number of amides is 1. The zero-order chi connectivity index (χ0) is 18.4. The second kappa shape index (κ2) is 7.61. The van der Waals surface area contributed by atoms with Crippen molar-refractivity contribution in [2.24, 2.45) is 0 Å². The number of ether oxygens (including phenoxy) is 3. The van der Waals surface area contributed by atoms with Gasteiger partial charge < -0.3 is 14.2 Å². The predicted octanol–water partition coefficient (Wildman–Crippen LogP) is 3.40. The lowest BCUT2D eigenvalue weighted by atomic mass is 10.2. The van der Waals surface area contributed by atoms with Gasteiger partial charge in [0.2, 0.25) is 11.7 Å². The smallest absolute Gasteiger partial charge is 0.412 e. The molecule has 0 aliphatic carbocycles. The quantitative estimate of drug-likeness (QED) is 0.848. The average Bonchev–Trinajstić information content (AvgIpc) is 2.52. The molecule has 8 nitrogen and oxygen atoms in total. The molecule has 8 heteroatoms. The van der Waals surface area contributed by atoms with Crippen LogP contribution in [0.2, 0.25) is 0 Å². The van der Waals surface area contributed by atoms with E-state index < -0.39 is 17.7 Å². The predicted molar refractivity (Wildman–Crippen MR) is 89.7 cm³/mol. The molecule has 0 atom stereocenters. The van der Waals surface area contributed by atoms with Gasteiger partial charge in [-0.3, -0.25) is 5.32 Å². The largest absolute Gasteiger partial charge is 0.463 e. The van der Waals surface area contributed by atoms with Crippen molar-refractivity contribution in [1.29, 1.82) is 0 Å². The number of nitrogens with zero attached hydrogens (tertiary/aromatic N) is 2. The number of carbonyl (C=O) groups is 2. The minimum absolute atomic E-state index is 0.108. The van der Waals surface area contributed by atoms with E-state index in [1.165, 1.54) is 19.4 Å². The molecule has 25 heavy (non-hydrogen) atoms. The second-order valence-corrected chi connectivity index (χ2v) is 5.97. The molecule has 2 rings (SSSR count). The molecule has 0 saturated heterocycles. The third kappa shape index (κ3) is 5.76. The third-order valence-electron chi connectivity index (χ3n) is 2.70. The zero-order valence-corrected chi connectivity index (χ0v) is 14.4. The fraction of sp³-hybridized carbons (Fsp3) is 0.294. The number of hydrogen-bond acceptors (Lipinski definition) is 7. The van der Waals surface area contributed by atoms with Gasteiger partial charge in [-0.15, -0.1) is 0 Å². The van der Waals surface area contributed by atoms with Gasteiger partial charge in [0.1, 0.15) is 11.4 Å². The van der Waals surface area contributed by atoms with Gasteiger partial charge in [-0.05, 0) is 32.9 Å². The van der Waals surface area contributed by atoms with Crippen LogP contribution in [0.4, 0.5) is 10.5 Å². The topological polar surface area (TPSA) is 99.6 Å². The van der Waals surface area contributed by atoms with Crippen LogP contribution in [-0.4, -0.2) is 34.7 Å². The lowest BCUT2D eigenvalue weighted by Crippen LogP contribution is -2.27. The summed E-state index contributed by atoms with van der Waals surface area (Å²) in [6.07, 6.45) is 0.817. The summed E-state index contributed by atoms with van der Waals surface area (Å²) in [5.74, 6) is -0.179. The van der Waals surface area contributed by atoms with Gasteiger partial charge in [0.15, 0.2) is 0 Å². The number of benzene rings is 1. The molecule has 0 saturated carbocycles. The maximum absolute atomic E-state index is 11.8. The Morgan fingerprint density at radius 1 is 1.16 bits per heavy atom. The molecule has 0 aliphatic heterocycles. The molecule has 0 unspecified atom stereocenters. The van der Waals surface area contributed by atoms with Crippen LogP contribution in [-0.2, 0) is 9.47 Å². The van der Waals surface area contributed by atoms with Gasteiger partial charge in [0.05, 0.1) is 7.11 Å². The summed E-state index contributed by atoms with van der Waals surface area (Å²) in [6, 6.07) is 8.17. The number of aromatic nitrogens is 2. The van der Waals surface area contributed by atoms with E-state index in [1.54, 1.807) is 45.0 Å². The summed E-state index contributed by atoms with van der Waals surface area (Å²) >= 11 is 0.